The van der Waals surface area contributed by atoms with E-state index in [9.17, 15) is 9.59 Å². The molecule has 20 heavy (non-hydrogen) atoms. The van der Waals surface area contributed by atoms with Gasteiger partial charge in [-0.25, -0.2) is 4.98 Å². The van der Waals surface area contributed by atoms with Crippen molar-refractivity contribution >= 4 is 5.91 Å². The first-order chi connectivity index (χ1) is 9.58. The van der Waals surface area contributed by atoms with E-state index in [1.165, 1.54) is 0 Å². The molecule has 0 spiro atoms. The highest BCUT2D eigenvalue weighted by atomic mass is 16.2. The summed E-state index contributed by atoms with van der Waals surface area (Å²) in [6.07, 6.45) is 4.44. The number of amides is 1. The van der Waals surface area contributed by atoms with Crippen LogP contribution < -0.4 is 10.9 Å². The second kappa shape index (κ2) is 6.18. The molecular weight excluding hydrogens is 256 g/mol. The predicted octanol–water partition coefficient (Wildman–Crippen LogP) is 1.01. The second-order valence-electron chi connectivity index (χ2n) is 4.66. The molecule has 2 aromatic rings. The van der Waals surface area contributed by atoms with Crippen LogP contribution in [0.2, 0.25) is 0 Å². The van der Waals surface area contributed by atoms with Crippen LogP contribution in [0.3, 0.4) is 0 Å². The van der Waals surface area contributed by atoms with Crippen molar-refractivity contribution in [2.24, 2.45) is 0 Å². The fourth-order valence-electron chi connectivity index (χ4n) is 1.94. The van der Waals surface area contributed by atoms with E-state index in [4.69, 9.17) is 0 Å². The average Bonchev–Trinajstić information content (AvgIpc) is 2.80. The van der Waals surface area contributed by atoms with Gasteiger partial charge < -0.3 is 14.9 Å². The van der Waals surface area contributed by atoms with Crippen LogP contribution in [-0.4, -0.2) is 27.0 Å². The fraction of sp³-hybridized carbons (Fsp3) is 0.357. The number of imidazole rings is 1. The van der Waals surface area contributed by atoms with Crippen LogP contribution in [0.4, 0.5) is 0 Å². The van der Waals surface area contributed by atoms with Gasteiger partial charge in [0.15, 0.2) is 0 Å². The molecule has 2 N–H and O–H groups in total. The van der Waals surface area contributed by atoms with E-state index in [2.05, 4.69) is 15.3 Å². The van der Waals surface area contributed by atoms with Crippen LogP contribution in [0.5, 0.6) is 0 Å². The molecular formula is C14H18N4O2. The fourth-order valence-corrected chi connectivity index (χ4v) is 1.94. The Balaban J connectivity index is 1.83. The molecule has 1 amide bonds. The lowest BCUT2D eigenvalue weighted by Gasteiger charge is -2.07. The summed E-state index contributed by atoms with van der Waals surface area (Å²) >= 11 is 0. The molecule has 2 rings (SSSR count). The largest absolute Gasteiger partial charge is 0.352 e. The molecule has 0 aliphatic carbocycles. The topological polar surface area (TPSA) is 79.8 Å². The molecule has 0 aliphatic rings. The van der Waals surface area contributed by atoms with Crippen molar-refractivity contribution in [2.75, 3.05) is 6.54 Å². The van der Waals surface area contributed by atoms with Gasteiger partial charge in [0.2, 0.25) is 0 Å². The highest BCUT2D eigenvalue weighted by molar-refractivity contribution is 5.93. The summed E-state index contributed by atoms with van der Waals surface area (Å²) in [5.74, 6) is 0.611. The first kappa shape index (κ1) is 14.0. The summed E-state index contributed by atoms with van der Waals surface area (Å²) in [5.41, 5.74) is 0.532. The zero-order valence-electron chi connectivity index (χ0n) is 11.6. The maximum atomic E-state index is 11.9. The smallest absolute Gasteiger partial charge is 0.260 e. The van der Waals surface area contributed by atoms with Gasteiger partial charge in [0.25, 0.3) is 11.5 Å². The summed E-state index contributed by atoms with van der Waals surface area (Å²) in [6, 6.07) is 3.26. The Morgan fingerprint density at radius 1 is 1.40 bits per heavy atom. The molecule has 0 fully saturated rings. The summed E-state index contributed by atoms with van der Waals surface area (Å²) in [7, 11) is 0. The molecule has 6 heteroatoms. The average molecular weight is 274 g/mol. The van der Waals surface area contributed by atoms with Gasteiger partial charge in [-0.2, -0.15) is 0 Å². The quantitative estimate of drug-likeness (QED) is 0.798. The lowest BCUT2D eigenvalue weighted by atomic mass is 10.2. The number of hydrogen-bond acceptors (Lipinski definition) is 3. The Hall–Kier alpha value is -2.37. The Kier molecular flexibility index (Phi) is 4.34. The summed E-state index contributed by atoms with van der Waals surface area (Å²) in [4.78, 5) is 30.2. The van der Waals surface area contributed by atoms with Gasteiger partial charge in [0.1, 0.15) is 11.4 Å². The van der Waals surface area contributed by atoms with Gasteiger partial charge in [-0.1, -0.05) is 0 Å². The van der Waals surface area contributed by atoms with Gasteiger partial charge in [0.05, 0.1) is 0 Å². The van der Waals surface area contributed by atoms with Crippen molar-refractivity contribution in [3.8, 4) is 0 Å². The predicted molar refractivity (Wildman–Crippen MR) is 75.7 cm³/mol. The molecule has 6 nitrogen and oxygen atoms in total. The van der Waals surface area contributed by atoms with Crippen LogP contribution in [0.25, 0.3) is 0 Å². The van der Waals surface area contributed by atoms with Gasteiger partial charge in [0, 0.05) is 31.2 Å². The number of nitrogens with one attached hydrogen (secondary N) is 2. The van der Waals surface area contributed by atoms with E-state index in [-0.39, 0.29) is 17.0 Å². The number of rotatable bonds is 5. The van der Waals surface area contributed by atoms with Crippen LogP contribution in [0.1, 0.15) is 28.3 Å². The van der Waals surface area contributed by atoms with Crippen LogP contribution in [0.15, 0.2) is 29.3 Å². The van der Waals surface area contributed by atoms with E-state index in [0.29, 0.717) is 6.54 Å². The van der Waals surface area contributed by atoms with Crippen molar-refractivity contribution in [2.45, 2.75) is 26.8 Å². The molecule has 2 aromatic heterocycles. The lowest BCUT2D eigenvalue weighted by molar-refractivity contribution is 0.0951. The molecule has 0 radical (unpaired) electrons. The summed E-state index contributed by atoms with van der Waals surface area (Å²) in [5, 5.41) is 2.75. The Morgan fingerprint density at radius 2 is 2.20 bits per heavy atom. The minimum atomic E-state index is -0.354. The van der Waals surface area contributed by atoms with E-state index in [1.807, 2.05) is 17.7 Å². The molecule has 0 aromatic carbocycles. The Labute approximate surface area is 116 Å². The standard InChI is InChI=1S/C14H18N4O2/c1-10-4-5-12(14(20)17-10)13(19)16-6-3-8-18-9-7-15-11(18)2/h4-5,7,9H,3,6,8H2,1-2H3,(H,16,19)(H,17,20). The number of aryl methyl sites for hydroxylation is 3. The van der Waals surface area contributed by atoms with E-state index in [0.717, 1.165) is 24.5 Å². The molecule has 0 atom stereocenters. The van der Waals surface area contributed by atoms with Crippen molar-refractivity contribution in [1.29, 1.82) is 0 Å². The molecule has 0 unspecified atom stereocenters. The SMILES string of the molecule is Cc1ccc(C(=O)NCCCn2ccnc2C)c(=O)[nH]1. The highest BCUT2D eigenvalue weighted by Crippen LogP contribution is 1.97. The van der Waals surface area contributed by atoms with Gasteiger partial charge in [-0.05, 0) is 32.4 Å². The lowest BCUT2D eigenvalue weighted by Crippen LogP contribution is -2.30. The minimum absolute atomic E-state index is 0.148. The molecule has 0 aliphatic heterocycles. The third-order valence-electron chi connectivity index (χ3n) is 3.08. The Bertz CT molecular complexity index is 657. The van der Waals surface area contributed by atoms with Crippen molar-refractivity contribution < 1.29 is 4.79 Å². The first-order valence-corrected chi connectivity index (χ1v) is 6.54. The van der Waals surface area contributed by atoms with Crippen LogP contribution in [0, 0.1) is 13.8 Å². The Morgan fingerprint density at radius 3 is 2.85 bits per heavy atom. The number of hydrogen-bond donors (Lipinski definition) is 2. The van der Waals surface area contributed by atoms with Crippen LogP contribution >= 0.6 is 0 Å². The normalized spacial score (nSPS) is 10.5. The number of pyridine rings is 1. The highest BCUT2D eigenvalue weighted by Gasteiger charge is 2.09. The minimum Gasteiger partial charge on any atom is -0.352 e. The van der Waals surface area contributed by atoms with Gasteiger partial charge >= 0.3 is 0 Å². The first-order valence-electron chi connectivity index (χ1n) is 6.54. The van der Waals surface area contributed by atoms with Gasteiger partial charge in [-0.3, -0.25) is 9.59 Å². The third kappa shape index (κ3) is 3.34. The summed E-state index contributed by atoms with van der Waals surface area (Å²) in [6.45, 7) is 5.01. The molecule has 106 valence electrons. The number of nitrogens with zero attached hydrogens (tertiary/aromatic N) is 2. The number of H-pyrrole nitrogens is 1. The monoisotopic (exact) mass is 274 g/mol. The molecule has 0 saturated carbocycles. The zero-order valence-corrected chi connectivity index (χ0v) is 11.6. The molecule has 2 heterocycles. The molecule has 0 bridgehead atoms. The number of aromatic amines is 1. The second-order valence-corrected chi connectivity index (χ2v) is 4.66. The number of carbonyl (C=O) groups is 1. The zero-order chi connectivity index (χ0) is 14.5. The van der Waals surface area contributed by atoms with Crippen molar-refractivity contribution in [1.82, 2.24) is 19.9 Å². The third-order valence-corrected chi connectivity index (χ3v) is 3.08. The van der Waals surface area contributed by atoms with Crippen molar-refractivity contribution in [3.63, 3.8) is 0 Å². The molecule has 0 saturated heterocycles. The van der Waals surface area contributed by atoms with E-state index >= 15 is 0 Å². The summed E-state index contributed by atoms with van der Waals surface area (Å²) < 4.78 is 2.02. The van der Waals surface area contributed by atoms with E-state index in [1.54, 1.807) is 25.3 Å². The maximum absolute atomic E-state index is 11.9. The van der Waals surface area contributed by atoms with Crippen LogP contribution in [-0.2, 0) is 6.54 Å². The maximum Gasteiger partial charge on any atom is 0.260 e. The number of aromatic nitrogens is 3. The van der Waals surface area contributed by atoms with E-state index < -0.39 is 0 Å². The van der Waals surface area contributed by atoms with Crippen molar-refractivity contribution in [3.05, 3.63) is 52.0 Å². The number of carbonyl (C=O) groups excluding carboxylic acids is 1. The van der Waals surface area contributed by atoms with Gasteiger partial charge in [-0.15, -0.1) is 0 Å².